The fourth-order valence-electron chi connectivity index (χ4n) is 2.25. The summed E-state index contributed by atoms with van der Waals surface area (Å²) in [5, 5.41) is 3.03. The van der Waals surface area contributed by atoms with Crippen LogP contribution in [0.3, 0.4) is 0 Å². The van der Waals surface area contributed by atoms with Crippen LogP contribution in [0.4, 0.5) is 0 Å². The topological polar surface area (TPSA) is 47.6 Å². The highest BCUT2D eigenvalue weighted by Crippen LogP contribution is 2.32. The molecule has 0 fully saturated rings. The van der Waals surface area contributed by atoms with Gasteiger partial charge in [0.05, 0.1) is 0 Å². The Morgan fingerprint density at radius 2 is 1.95 bits per heavy atom. The summed E-state index contributed by atoms with van der Waals surface area (Å²) in [5.41, 5.74) is 0.616. The second kappa shape index (κ2) is 6.64. The monoisotopic (exact) mass is 277 g/mol. The van der Waals surface area contributed by atoms with Gasteiger partial charge in [0.2, 0.25) is 6.79 Å². The summed E-state index contributed by atoms with van der Waals surface area (Å²) < 4.78 is 10.5. The molecule has 0 aliphatic carbocycles. The maximum atomic E-state index is 12.1. The van der Waals surface area contributed by atoms with Crippen molar-refractivity contribution in [3.63, 3.8) is 0 Å². The largest absolute Gasteiger partial charge is 0.454 e. The van der Waals surface area contributed by atoms with Gasteiger partial charge < -0.3 is 14.8 Å². The molecule has 1 aliphatic rings. The molecule has 0 radical (unpaired) electrons. The van der Waals surface area contributed by atoms with Crippen molar-refractivity contribution in [1.29, 1.82) is 0 Å². The molecule has 2 rings (SSSR count). The molecule has 0 saturated heterocycles. The molecule has 110 valence electrons. The predicted molar refractivity (Wildman–Crippen MR) is 78.2 cm³/mol. The first-order chi connectivity index (χ1) is 9.56. The lowest BCUT2D eigenvalue weighted by Gasteiger charge is -2.14. The third-order valence-corrected chi connectivity index (χ3v) is 3.43. The number of rotatable bonds is 6. The maximum absolute atomic E-state index is 12.1. The van der Waals surface area contributed by atoms with E-state index in [-0.39, 0.29) is 18.7 Å². The summed E-state index contributed by atoms with van der Waals surface area (Å²) in [5.74, 6) is 2.00. The van der Waals surface area contributed by atoms with Crippen LogP contribution in [0.5, 0.6) is 11.5 Å². The van der Waals surface area contributed by atoms with Crippen molar-refractivity contribution in [1.82, 2.24) is 5.32 Å². The molecule has 1 amide bonds. The molecule has 0 aromatic heterocycles. The molecule has 1 atom stereocenters. The Morgan fingerprint density at radius 3 is 2.70 bits per heavy atom. The van der Waals surface area contributed by atoms with Crippen LogP contribution < -0.4 is 14.8 Å². The number of nitrogens with one attached hydrogen (secondary N) is 1. The zero-order chi connectivity index (χ0) is 14.5. The van der Waals surface area contributed by atoms with E-state index in [1.165, 1.54) is 6.42 Å². The molecule has 1 aromatic rings. The van der Waals surface area contributed by atoms with Gasteiger partial charge in [-0.3, -0.25) is 4.79 Å². The van der Waals surface area contributed by atoms with E-state index in [1.807, 2.05) is 6.92 Å². The highest BCUT2D eigenvalue weighted by atomic mass is 16.7. The normalized spacial score (nSPS) is 14.4. The Labute approximate surface area is 120 Å². The van der Waals surface area contributed by atoms with Crippen LogP contribution >= 0.6 is 0 Å². The summed E-state index contributed by atoms with van der Waals surface area (Å²) in [7, 11) is 0. The Hall–Kier alpha value is -1.71. The van der Waals surface area contributed by atoms with Crippen molar-refractivity contribution >= 4 is 5.91 Å². The summed E-state index contributed by atoms with van der Waals surface area (Å²) in [6.45, 7) is 6.71. The maximum Gasteiger partial charge on any atom is 0.251 e. The van der Waals surface area contributed by atoms with E-state index in [0.29, 0.717) is 23.0 Å². The molecular formula is C16H23NO3. The van der Waals surface area contributed by atoms with Crippen LogP contribution in [0.1, 0.15) is 50.4 Å². The minimum Gasteiger partial charge on any atom is -0.454 e. The van der Waals surface area contributed by atoms with Crippen LogP contribution in [-0.2, 0) is 0 Å². The number of amides is 1. The van der Waals surface area contributed by atoms with Gasteiger partial charge in [0, 0.05) is 11.6 Å². The van der Waals surface area contributed by atoms with Gasteiger partial charge in [-0.1, -0.05) is 26.7 Å². The molecule has 0 saturated carbocycles. The first kappa shape index (κ1) is 14.7. The van der Waals surface area contributed by atoms with Gasteiger partial charge in [0.1, 0.15) is 0 Å². The van der Waals surface area contributed by atoms with Crippen molar-refractivity contribution in [3.8, 4) is 11.5 Å². The predicted octanol–water partition coefficient (Wildman–Crippen LogP) is 3.36. The summed E-state index contributed by atoms with van der Waals surface area (Å²) in [4.78, 5) is 12.1. The smallest absolute Gasteiger partial charge is 0.251 e. The highest BCUT2D eigenvalue weighted by Gasteiger charge is 2.17. The molecule has 1 N–H and O–H groups in total. The minimum atomic E-state index is -0.0552. The third kappa shape index (κ3) is 3.89. The average Bonchev–Trinajstić information content (AvgIpc) is 2.85. The number of ether oxygens (including phenoxy) is 2. The molecule has 1 aliphatic heterocycles. The molecule has 1 heterocycles. The lowest BCUT2D eigenvalue weighted by Crippen LogP contribution is -2.32. The van der Waals surface area contributed by atoms with Gasteiger partial charge in [-0.25, -0.2) is 0 Å². The number of fused-ring (bicyclic) bond motifs is 1. The van der Waals surface area contributed by atoms with E-state index in [1.54, 1.807) is 18.2 Å². The zero-order valence-corrected chi connectivity index (χ0v) is 12.4. The Kier molecular flexibility index (Phi) is 4.88. The second-order valence-corrected chi connectivity index (χ2v) is 5.77. The van der Waals surface area contributed by atoms with Gasteiger partial charge in [0.15, 0.2) is 11.5 Å². The van der Waals surface area contributed by atoms with Crippen LogP contribution in [0.15, 0.2) is 18.2 Å². The second-order valence-electron chi connectivity index (χ2n) is 5.77. The molecule has 0 unspecified atom stereocenters. The highest BCUT2D eigenvalue weighted by molar-refractivity contribution is 5.95. The molecule has 4 heteroatoms. The van der Waals surface area contributed by atoms with Crippen molar-refractivity contribution in [2.75, 3.05) is 6.79 Å². The van der Waals surface area contributed by atoms with E-state index in [0.717, 1.165) is 12.8 Å². The molecular weight excluding hydrogens is 254 g/mol. The Balaban J connectivity index is 1.85. The molecule has 20 heavy (non-hydrogen) atoms. The number of hydrogen-bond donors (Lipinski definition) is 1. The first-order valence-electron chi connectivity index (χ1n) is 7.26. The quantitative estimate of drug-likeness (QED) is 0.867. The van der Waals surface area contributed by atoms with Crippen molar-refractivity contribution in [2.45, 2.75) is 46.1 Å². The number of carbonyl (C=O) groups excluding carboxylic acids is 1. The number of carbonyl (C=O) groups is 1. The van der Waals surface area contributed by atoms with Crippen LogP contribution in [0.25, 0.3) is 0 Å². The molecule has 4 nitrogen and oxygen atoms in total. The lowest BCUT2D eigenvalue weighted by atomic mass is 10.0. The standard InChI is InChI=1S/C16H23NO3/c1-11(2)5-4-6-12(3)17-16(18)13-7-8-14-15(9-13)20-10-19-14/h7-9,11-12H,4-6,10H2,1-3H3,(H,17,18)/t12-/m1/s1. The summed E-state index contributed by atoms with van der Waals surface area (Å²) in [6.07, 6.45) is 3.35. The van der Waals surface area contributed by atoms with Crippen molar-refractivity contribution < 1.29 is 14.3 Å². The first-order valence-corrected chi connectivity index (χ1v) is 7.26. The average molecular weight is 277 g/mol. The van der Waals surface area contributed by atoms with E-state index >= 15 is 0 Å². The van der Waals surface area contributed by atoms with Crippen molar-refractivity contribution in [3.05, 3.63) is 23.8 Å². The molecule has 0 bridgehead atoms. The fraction of sp³-hybridized carbons (Fsp3) is 0.562. The van der Waals surface area contributed by atoms with Gasteiger partial charge in [-0.2, -0.15) is 0 Å². The minimum absolute atomic E-state index is 0.0552. The molecule has 0 spiro atoms. The third-order valence-electron chi connectivity index (χ3n) is 3.43. The number of benzene rings is 1. The van der Waals surface area contributed by atoms with Crippen LogP contribution in [0.2, 0.25) is 0 Å². The Morgan fingerprint density at radius 1 is 1.20 bits per heavy atom. The van der Waals surface area contributed by atoms with E-state index in [2.05, 4.69) is 19.2 Å². The van der Waals surface area contributed by atoms with Crippen molar-refractivity contribution in [2.24, 2.45) is 5.92 Å². The van der Waals surface area contributed by atoms with E-state index < -0.39 is 0 Å². The fourth-order valence-corrected chi connectivity index (χ4v) is 2.25. The van der Waals surface area contributed by atoms with Gasteiger partial charge >= 0.3 is 0 Å². The van der Waals surface area contributed by atoms with E-state index in [4.69, 9.17) is 9.47 Å². The SMILES string of the molecule is CC(C)CCC[C@@H](C)NC(=O)c1ccc2c(c1)OCO2. The zero-order valence-electron chi connectivity index (χ0n) is 12.4. The van der Waals surface area contributed by atoms with Gasteiger partial charge in [-0.05, 0) is 37.5 Å². The van der Waals surface area contributed by atoms with Gasteiger partial charge in [-0.15, -0.1) is 0 Å². The van der Waals surface area contributed by atoms with Gasteiger partial charge in [0.25, 0.3) is 5.91 Å². The van der Waals surface area contributed by atoms with Crippen LogP contribution in [0, 0.1) is 5.92 Å². The van der Waals surface area contributed by atoms with E-state index in [9.17, 15) is 4.79 Å². The summed E-state index contributed by atoms with van der Waals surface area (Å²) in [6, 6.07) is 5.47. The number of hydrogen-bond acceptors (Lipinski definition) is 3. The Bertz CT molecular complexity index is 471. The summed E-state index contributed by atoms with van der Waals surface area (Å²) >= 11 is 0. The lowest BCUT2D eigenvalue weighted by molar-refractivity contribution is 0.0937. The molecule has 1 aromatic carbocycles. The van der Waals surface area contributed by atoms with Crippen LogP contribution in [-0.4, -0.2) is 18.7 Å².